The van der Waals surface area contributed by atoms with E-state index in [0.29, 0.717) is 30.6 Å². The molecule has 27 heavy (non-hydrogen) atoms. The zero-order valence-corrected chi connectivity index (χ0v) is 15.5. The molecular weight excluding hydrogens is 366 g/mol. The topological polar surface area (TPSA) is 118 Å². The van der Waals surface area contributed by atoms with Crippen LogP contribution in [0.3, 0.4) is 0 Å². The van der Waals surface area contributed by atoms with E-state index in [0.717, 1.165) is 5.56 Å². The molecule has 2 aromatic carbocycles. The van der Waals surface area contributed by atoms with E-state index in [-0.39, 0.29) is 16.7 Å². The number of hydrogen-bond donors (Lipinski definition) is 3. The second kappa shape index (κ2) is 9.11. The Hall–Kier alpha value is -2.97. The number of amides is 2. The second-order valence-electron chi connectivity index (χ2n) is 5.77. The first-order valence-electron chi connectivity index (χ1n) is 8.20. The van der Waals surface area contributed by atoms with E-state index in [1.165, 1.54) is 12.1 Å². The van der Waals surface area contributed by atoms with Gasteiger partial charge >= 0.3 is 0 Å². The van der Waals surface area contributed by atoms with Gasteiger partial charge in [-0.2, -0.15) is 0 Å². The molecule has 2 amide bonds. The summed E-state index contributed by atoms with van der Waals surface area (Å²) in [6.07, 6.45) is 2.13. The van der Waals surface area contributed by atoms with E-state index < -0.39 is 10.0 Å². The van der Waals surface area contributed by atoms with Gasteiger partial charge in [0.25, 0.3) is 11.8 Å². The van der Waals surface area contributed by atoms with Gasteiger partial charge in [-0.3, -0.25) is 9.59 Å². The zero-order chi connectivity index (χ0) is 19.9. The molecule has 4 N–H and O–H groups in total. The summed E-state index contributed by atoms with van der Waals surface area (Å²) in [6, 6.07) is 12.5. The summed E-state index contributed by atoms with van der Waals surface area (Å²) in [5, 5.41) is 10.5. The first-order valence-corrected chi connectivity index (χ1v) is 9.75. The van der Waals surface area contributed by atoms with Crippen LogP contribution in [0.15, 0.2) is 66.1 Å². The van der Waals surface area contributed by atoms with E-state index in [1.807, 2.05) is 0 Å². The molecule has 0 heterocycles. The molecule has 0 aliphatic heterocycles. The largest absolute Gasteiger partial charge is 0.352 e. The van der Waals surface area contributed by atoms with E-state index in [1.54, 1.807) is 42.5 Å². The lowest BCUT2D eigenvalue weighted by Gasteiger charge is -2.07. The molecule has 0 saturated heterocycles. The number of sulfonamides is 1. The number of rotatable bonds is 8. The Labute approximate surface area is 158 Å². The van der Waals surface area contributed by atoms with Crippen molar-refractivity contribution in [2.75, 3.05) is 13.1 Å². The molecule has 0 aliphatic rings. The lowest BCUT2D eigenvalue weighted by molar-refractivity contribution is 0.0944. The van der Waals surface area contributed by atoms with Crippen molar-refractivity contribution < 1.29 is 18.0 Å². The SMILES string of the molecule is C=CCNC(=O)c1ccc(C(=O)NCCc2ccc(S(N)(=O)=O)cc2)cc1. The standard InChI is InChI=1S/C19H21N3O4S/c1-2-12-21-18(23)15-5-7-16(8-6-15)19(24)22-13-11-14-3-9-17(10-4-14)27(20,25)26/h2-10H,1,11-13H2,(H,21,23)(H,22,24)(H2,20,25,26). The third-order valence-corrected chi connectivity index (χ3v) is 4.70. The van der Waals surface area contributed by atoms with Crippen molar-refractivity contribution >= 4 is 21.8 Å². The maximum Gasteiger partial charge on any atom is 0.251 e. The molecular formula is C19H21N3O4S. The predicted molar refractivity (Wildman–Crippen MR) is 103 cm³/mol. The highest BCUT2D eigenvalue weighted by molar-refractivity contribution is 7.89. The van der Waals surface area contributed by atoms with Gasteiger partial charge in [0.2, 0.25) is 10.0 Å². The highest BCUT2D eigenvalue weighted by atomic mass is 32.2. The summed E-state index contributed by atoms with van der Waals surface area (Å²) in [7, 11) is -3.71. The maximum atomic E-state index is 12.2. The maximum absolute atomic E-state index is 12.2. The first kappa shape index (κ1) is 20.3. The van der Waals surface area contributed by atoms with Crippen LogP contribution < -0.4 is 15.8 Å². The van der Waals surface area contributed by atoms with Gasteiger partial charge in [0, 0.05) is 24.2 Å². The molecule has 2 aromatic rings. The van der Waals surface area contributed by atoms with Crippen LogP contribution in [0, 0.1) is 0 Å². The Kier molecular flexibility index (Phi) is 6.86. The monoisotopic (exact) mass is 387 g/mol. The normalized spacial score (nSPS) is 10.9. The lowest BCUT2D eigenvalue weighted by Crippen LogP contribution is -2.26. The molecule has 8 heteroatoms. The van der Waals surface area contributed by atoms with E-state index >= 15 is 0 Å². The van der Waals surface area contributed by atoms with Crippen molar-refractivity contribution in [1.82, 2.24) is 10.6 Å². The minimum absolute atomic E-state index is 0.0486. The highest BCUT2D eigenvalue weighted by Gasteiger charge is 2.09. The van der Waals surface area contributed by atoms with Crippen LogP contribution in [0.2, 0.25) is 0 Å². The number of carbonyl (C=O) groups is 2. The summed E-state index contributed by atoms with van der Waals surface area (Å²) in [5.41, 5.74) is 1.78. The Morgan fingerprint density at radius 1 is 0.926 bits per heavy atom. The van der Waals surface area contributed by atoms with E-state index in [2.05, 4.69) is 17.2 Å². The Balaban J connectivity index is 1.86. The van der Waals surface area contributed by atoms with Gasteiger partial charge in [-0.05, 0) is 48.4 Å². The van der Waals surface area contributed by atoms with Crippen LogP contribution in [-0.4, -0.2) is 33.3 Å². The second-order valence-corrected chi connectivity index (χ2v) is 7.33. The minimum atomic E-state index is -3.71. The molecule has 2 rings (SSSR count). The van der Waals surface area contributed by atoms with Crippen molar-refractivity contribution in [2.45, 2.75) is 11.3 Å². The van der Waals surface area contributed by atoms with Gasteiger partial charge in [0.1, 0.15) is 0 Å². The average Bonchev–Trinajstić information content (AvgIpc) is 2.66. The average molecular weight is 387 g/mol. The smallest absolute Gasteiger partial charge is 0.251 e. The molecule has 0 aliphatic carbocycles. The van der Waals surface area contributed by atoms with E-state index in [9.17, 15) is 18.0 Å². The Bertz CT molecular complexity index is 920. The van der Waals surface area contributed by atoms with Gasteiger partial charge < -0.3 is 10.6 Å². The molecule has 0 radical (unpaired) electrons. The number of nitrogens with one attached hydrogen (secondary N) is 2. The molecule has 0 bridgehead atoms. The Morgan fingerprint density at radius 2 is 1.44 bits per heavy atom. The third kappa shape index (κ3) is 6.05. The fraction of sp³-hybridized carbons (Fsp3) is 0.158. The summed E-state index contributed by atoms with van der Waals surface area (Å²) in [6.45, 7) is 4.29. The number of primary sulfonamides is 1. The lowest BCUT2D eigenvalue weighted by atomic mass is 10.1. The van der Waals surface area contributed by atoms with Crippen molar-refractivity contribution in [3.8, 4) is 0 Å². The van der Waals surface area contributed by atoms with Crippen molar-refractivity contribution in [2.24, 2.45) is 5.14 Å². The van der Waals surface area contributed by atoms with E-state index in [4.69, 9.17) is 5.14 Å². The predicted octanol–water partition coefficient (Wildman–Crippen LogP) is 1.22. The molecule has 0 spiro atoms. The number of hydrogen-bond acceptors (Lipinski definition) is 4. The number of benzene rings is 2. The summed E-state index contributed by atoms with van der Waals surface area (Å²) in [4.78, 5) is 24.0. The summed E-state index contributed by atoms with van der Waals surface area (Å²) in [5.74, 6) is -0.487. The molecule has 0 fully saturated rings. The van der Waals surface area contributed by atoms with Gasteiger partial charge in [0.05, 0.1) is 4.90 Å². The third-order valence-electron chi connectivity index (χ3n) is 3.77. The Morgan fingerprint density at radius 3 is 1.93 bits per heavy atom. The van der Waals surface area contributed by atoms with Gasteiger partial charge in [0.15, 0.2) is 0 Å². The number of carbonyl (C=O) groups excluding carboxylic acids is 2. The van der Waals surface area contributed by atoms with Crippen molar-refractivity contribution in [3.05, 3.63) is 77.9 Å². The first-order chi connectivity index (χ1) is 12.8. The van der Waals surface area contributed by atoms with Crippen LogP contribution >= 0.6 is 0 Å². The molecule has 142 valence electrons. The van der Waals surface area contributed by atoms with Gasteiger partial charge in [-0.15, -0.1) is 6.58 Å². The van der Waals surface area contributed by atoms with Crippen LogP contribution in [0.25, 0.3) is 0 Å². The number of nitrogens with two attached hydrogens (primary N) is 1. The fourth-order valence-electron chi connectivity index (χ4n) is 2.31. The molecule has 0 atom stereocenters. The molecule has 7 nitrogen and oxygen atoms in total. The molecule has 0 unspecified atom stereocenters. The highest BCUT2D eigenvalue weighted by Crippen LogP contribution is 2.09. The molecule has 0 saturated carbocycles. The van der Waals surface area contributed by atoms with Crippen LogP contribution in [0.1, 0.15) is 26.3 Å². The summed E-state index contributed by atoms with van der Waals surface area (Å²) >= 11 is 0. The van der Waals surface area contributed by atoms with Crippen LogP contribution in [0.5, 0.6) is 0 Å². The molecule has 0 aromatic heterocycles. The van der Waals surface area contributed by atoms with Crippen LogP contribution in [0.4, 0.5) is 0 Å². The van der Waals surface area contributed by atoms with Gasteiger partial charge in [-0.1, -0.05) is 18.2 Å². The zero-order valence-electron chi connectivity index (χ0n) is 14.6. The quantitative estimate of drug-likeness (QED) is 0.590. The van der Waals surface area contributed by atoms with Crippen molar-refractivity contribution in [1.29, 1.82) is 0 Å². The summed E-state index contributed by atoms with van der Waals surface area (Å²) < 4.78 is 22.4. The van der Waals surface area contributed by atoms with Crippen LogP contribution in [-0.2, 0) is 16.4 Å². The van der Waals surface area contributed by atoms with Gasteiger partial charge in [-0.25, -0.2) is 13.6 Å². The minimum Gasteiger partial charge on any atom is -0.352 e. The van der Waals surface area contributed by atoms with Crippen molar-refractivity contribution in [3.63, 3.8) is 0 Å². The fourth-order valence-corrected chi connectivity index (χ4v) is 2.82.